The summed E-state index contributed by atoms with van der Waals surface area (Å²) in [5.74, 6) is 1.77. The molecule has 24 heavy (non-hydrogen) atoms. The summed E-state index contributed by atoms with van der Waals surface area (Å²) in [5.41, 5.74) is 0.689. The Kier molecular flexibility index (Phi) is 6.48. The summed E-state index contributed by atoms with van der Waals surface area (Å²) >= 11 is 1.20. The van der Waals surface area contributed by atoms with Gasteiger partial charge in [-0.3, -0.25) is 4.79 Å². The molecule has 0 spiro atoms. The molecule has 7 nitrogen and oxygen atoms in total. The molecule has 0 aliphatic rings. The fourth-order valence-electron chi connectivity index (χ4n) is 1.86. The maximum Gasteiger partial charge on any atom is 0.277 e. The van der Waals surface area contributed by atoms with Gasteiger partial charge in [-0.25, -0.2) is 0 Å². The second-order valence-corrected chi connectivity index (χ2v) is 6.07. The van der Waals surface area contributed by atoms with E-state index in [1.54, 1.807) is 32.4 Å². The van der Waals surface area contributed by atoms with E-state index in [0.717, 1.165) is 6.42 Å². The zero-order valence-corrected chi connectivity index (χ0v) is 15.0. The molecule has 0 bridgehead atoms. The van der Waals surface area contributed by atoms with Crippen LogP contribution in [-0.4, -0.2) is 42.1 Å². The van der Waals surface area contributed by atoms with E-state index in [1.165, 1.54) is 11.8 Å². The van der Waals surface area contributed by atoms with Crippen molar-refractivity contribution in [1.29, 1.82) is 0 Å². The lowest BCUT2D eigenvalue weighted by molar-refractivity contribution is -0.119. The minimum atomic E-state index is -0.0582. The van der Waals surface area contributed by atoms with Crippen molar-refractivity contribution >= 4 is 17.7 Å². The highest BCUT2D eigenvalue weighted by Gasteiger charge is 2.14. The molecule has 0 aliphatic heterocycles. The van der Waals surface area contributed by atoms with E-state index in [1.807, 2.05) is 13.8 Å². The van der Waals surface area contributed by atoms with Gasteiger partial charge in [0.15, 0.2) is 0 Å². The molecule has 8 heteroatoms. The molecule has 1 N–H and O–H groups in total. The number of carbonyl (C=O) groups is 1. The summed E-state index contributed by atoms with van der Waals surface area (Å²) in [7, 11) is 3.15. The number of methoxy groups -OCH3 is 2. The number of benzene rings is 1. The standard InChI is InChI=1S/C16H21N3O4S/c1-5-10(2)17-14(20)9-24-16-19-18-15(23-16)11-6-12(21-3)8-13(7-11)22-4/h6-8,10H,5,9H2,1-4H3,(H,17,20)/t10-/m1/s1. The van der Waals surface area contributed by atoms with Crippen molar-refractivity contribution in [2.24, 2.45) is 0 Å². The van der Waals surface area contributed by atoms with Gasteiger partial charge in [-0.1, -0.05) is 18.7 Å². The van der Waals surface area contributed by atoms with Gasteiger partial charge in [0.05, 0.1) is 20.0 Å². The maximum atomic E-state index is 11.8. The summed E-state index contributed by atoms with van der Waals surface area (Å²) < 4.78 is 16.0. The lowest BCUT2D eigenvalue weighted by Crippen LogP contribution is -2.33. The van der Waals surface area contributed by atoms with Gasteiger partial charge in [0.1, 0.15) is 11.5 Å². The molecule has 1 heterocycles. The van der Waals surface area contributed by atoms with Gasteiger partial charge in [-0.2, -0.15) is 0 Å². The van der Waals surface area contributed by atoms with Crippen molar-refractivity contribution in [3.05, 3.63) is 18.2 Å². The van der Waals surface area contributed by atoms with Crippen LogP contribution in [0.3, 0.4) is 0 Å². The third-order valence-corrected chi connectivity index (χ3v) is 4.17. The predicted molar refractivity (Wildman–Crippen MR) is 91.5 cm³/mol. The first-order valence-corrected chi connectivity index (χ1v) is 8.53. The topological polar surface area (TPSA) is 86.5 Å². The summed E-state index contributed by atoms with van der Waals surface area (Å²) in [5, 5.41) is 11.2. The first-order chi connectivity index (χ1) is 11.5. The number of amides is 1. The Bertz CT molecular complexity index is 667. The fourth-order valence-corrected chi connectivity index (χ4v) is 2.44. The molecule has 2 aromatic rings. The number of hydrogen-bond donors (Lipinski definition) is 1. The molecule has 0 saturated carbocycles. The van der Waals surface area contributed by atoms with Crippen LogP contribution in [0.2, 0.25) is 0 Å². The Hall–Kier alpha value is -2.22. The number of nitrogens with zero attached hydrogens (tertiary/aromatic N) is 2. The van der Waals surface area contributed by atoms with Gasteiger partial charge in [0.2, 0.25) is 11.8 Å². The van der Waals surface area contributed by atoms with Crippen molar-refractivity contribution in [3.63, 3.8) is 0 Å². The van der Waals surface area contributed by atoms with Crippen LogP contribution in [0.1, 0.15) is 20.3 Å². The molecule has 2 rings (SSSR count). The monoisotopic (exact) mass is 351 g/mol. The Labute approximate surface area is 145 Å². The van der Waals surface area contributed by atoms with Crippen molar-refractivity contribution in [1.82, 2.24) is 15.5 Å². The van der Waals surface area contributed by atoms with Gasteiger partial charge in [-0.05, 0) is 25.5 Å². The largest absolute Gasteiger partial charge is 0.497 e. The molecular formula is C16H21N3O4S. The number of nitrogens with one attached hydrogen (secondary N) is 1. The molecule has 0 radical (unpaired) electrons. The first-order valence-electron chi connectivity index (χ1n) is 7.54. The second-order valence-electron chi connectivity index (χ2n) is 5.14. The number of thioether (sulfide) groups is 1. The minimum Gasteiger partial charge on any atom is -0.497 e. The highest BCUT2D eigenvalue weighted by atomic mass is 32.2. The van der Waals surface area contributed by atoms with Crippen molar-refractivity contribution in [3.8, 4) is 23.0 Å². The Balaban J connectivity index is 2.04. The predicted octanol–water partition coefficient (Wildman–Crippen LogP) is 2.76. The number of ether oxygens (including phenoxy) is 2. The van der Waals surface area contributed by atoms with Crippen molar-refractivity contribution in [2.45, 2.75) is 31.5 Å². The summed E-state index contributed by atoms with van der Waals surface area (Å²) in [6, 6.07) is 5.47. The Morgan fingerprint density at radius 1 is 1.25 bits per heavy atom. The Morgan fingerprint density at radius 3 is 2.50 bits per heavy atom. The second kappa shape index (κ2) is 8.58. The molecule has 0 saturated heterocycles. The van der Waals surface area contributed by atoms with E-state index in [2.05, 4.69) is 15.5 Å². The summed E-state index contributed by atoms with van der Waals surface area (Å²) in [6.07, 6.45) is 0.888. The van der Waals surface area contributed by atoms with E-state index < -0.39 is 0 Å². The van der Waals surface area contributed by atoms with Crippen LogP contribution in [0, 0.1) is 0 Å². The molecule has 0 unspecified atom stereocenters. The molecule has 0 aliphatic carbocycles. The van der Waals surface area contributed by atoms with E-state index in [-0.39, 0.29) is 17.7 Å². The Morgan fingerprint density at radius 2 is 1.92 bits per heavy atom. The van der Waals surface area contributed by atoms with E-state index in [9.17, 15) is 4.79 Å². The van der Waals surface area contributed by atoms with Gasteiger partial charge in [0, 0.05) is 17.7 Å². The quantitative estimate of drug-likeness (QED) is 0.732. The van der Waals surface area contributed by atoms with Crippen LogP contribution >= 0.6 is 11.8 Å². The van der Waals surface area contributed by atoms with E-state index in [4.69, 9.17) is 13.9 Å². The van der Waals surface area contributed by atoms with Crippen molar-refractivity contribution < 1.29 is 18.7 Å². The van der Waals surface area contributed by atoms with Crippen LogP contribution in [0.25, 0.3) is 11.5 Å². The number of carbonyl (C=O) groups excluding carboxylic acids is 1. The van der Waals surface area contributed by atoms with E-state index >= 15 is 0 Å². The molecule has 1 atom stereocenters. The molecule has 130 valence electrons. The maximum absolute atomic E-state index is 11.8. The normalized spacial score (nSPS) is 11.8. The van der Waals surface area contributed by atoms with Crippen LogP contribution in [0.5, 0.6) is 11.5 Å². The average molecular weight is 351 g/mol. The van der Waals surface area contributed by atoms with Crippen molar-refractivity contribution in [2.75, 3.05) is 20.0 Å². The van der Waals surface area contributed by atoms with Crippen LogP contribution in [-0.2, 0) is 4.79 Å². The summed E-state index contributed by atoms with van der Waals surface area (Å²) in [6.45, 7) is 3.98. The van der Waals surface area contributed by atoms with Gasteiger partial charge < -0.3 is 19.2 Å². The van der Waals surface area contributed by atoms with Gasteiger partial charge in [0.25, 0.3) is 5.22 Å². The van der Waals surface area contributed by atoms with Crippen LogP contribution in [0.15, 0.2) is 27.8 Å². The third-order valence-electron chi connectivity index (χ3n) is 3.35. The molecule has 1 amide bonds. The molecular weight excluding hydrogens is 330 g/mol. The van der Waals surface area contributed by atoms with Gasteiger partial charge >= 0.3 is 0 Å². The SMILES string of the molecule is CC[C@@H](C)NC(=O)CSc1nnc(-c2cc(OC)cc(OC)c2)o1. The molecule has 1 aromatic carbocycles. The zero-order chi connectivity index (χ0) is 17.5. The highest BCUT2D eigenvalue weighted by molar-refractivity contribution is 7.99. The summed E-state index contributed by atoms with van der Waals surface area (Å²) in [4.78, 5) is 11.8. The number of rotatable bonds is 8. The zero-order valence-electron chi connectivity index (χ0n) is 14.2. The third kappa shape index (κ3) is 4.89. The van der Waals surface area contributed by atoms with Crippen LogP contribution < -0.4 is 14.8 Å². The highest BCUT2D eigenvalue weighted by Crippen LogP contribution is 2.30. The van der Waals surface area contributed by atoms with Gasteiger partial charge in [-0.15, -0.1) is 10.2 Å². The number of hydrogen-bond acceptors (Lipinski definition) is 7. The van der Waals surface area contributed by atoms with E-state index in [0.29, 0.717) is 28.2 Å². The smallest absolute Gasteiger partial charge is 0.277 e. The van der Waals surface area contributed by atoms with Crippen LogP contribution in [0.4, 0.5) is 0 Å². The molecule has 0 fully saturated rings. The molecule has 1 aromatic heterocycles. The average Bonchev–Trinajstić information content (AvgIpc) is 3.08. The fraction of sp³-hybridized carbons (Fsp3) is 0.438. The lowest BCUT2D eigenvalue weighted by Gasteiger charge is -2.09. The minimum absolute atomic E-state index is 0.0582. The lowest BCUT2D eigenvalue weighted by atomic mass is 10.2. The first kappa shape index (κ1) is 18.1. The number of aromatic nitrogens is 2.